The van der Waals surface area contributed by atoms with Crippen LogP contribution in [0.1, 0.15) is 92.5 Å². The van der Waals surface area contributed by atoms with Crippen molar-refractivity contribution in [3.63, 3.8) is 0 Å². The van der Waals surface area contributed by atoms with Crippen molar-refractivity contribution >= 4 is 6.48 Å². The molecule has 59 heavy (non-hydrogen) atoms. The van der Waals surface area contributed by atoms with Crippen molar-refractivity contribution in [3.05, 3.63) is 193 Å². The zero-order valence-corrected chi connectivity index (χ0v) is 38.6. The smallest absolute Gasteiger partial charge is 1.00 e. The van der Waals surface area contributed by atoms with Crippen molar-refractivity contribution in [2.24, 2.45) is 0 Å². The van der Waals surface area contributed by atoms with Crippen molar-refractivity contribution in [2.45, 2.75) is 78.3 Å². The van der Waals surface area contributed by atoms with Gasteiger partial charge in [0.25, 0.3) is 0 Å². The molecule has 0 heterocycles. The van der Waals surface area contributed by atoms with Gasteiger partial charge in [0.05, 0.1) is 0 Å². The Morgan fingerprint density at radius 2 is 1.20 bits per heavy atom. The first-order valence-electron chi connectivity index (χ1n) is 19.9. The molecule has 6 aromatic rings. The maximum Gasteiger partial charge on any atom is -1.00 e. The van der Waals surface area contributed by atoms with E-state index in [4.69, 9.17) is 0 Å². The van der Waals surface area contributed by atoms with Crippen LogP contribution < -0.4 is 28.1 Å². The molecule has 0 fully saturated rings. The summed E-state index contributed by atoms with van der Waals surface area (Å²) in [5.74, 6) is 0. The van der Waals surface area contributed by atoms with Gasteiger partial charge in [-0.05, 0) is 0 Å². The number of rotatable bonds is 6. The van der Waals surface area contributed by atoms with Crippen LogP contribution in [0.5, 0.6) is 0 Å². The van der Waals surface area contributed by atoms with Crippen molar-refractivity contribution in [3.8, 4) is 33.4 Å². The number of hydrogen-bond acceptors (Lipinski definition) is 0. The van der Waals surface area contributed by atoms with Crippen molar-refractivity contribution < 1.29 is 59.3 Å². The minimum atomic E-state index is -4.46. The molecule has 2 aliphatic rings. The van der Waals surface area contributed by atoms with Crippen LogP contribution >= 0.6 is 0 Å². The fourth-order valence-corrected chi connectivity index (χ4v) is 17.2. The first-order valence-corrected chi connectivity index (χ1v) is 23.6. The molecule has 0 amide bonds. The molecule has 0 radical (unpaired) electrons. The molecule has 0 unspecified atom stereocenters. The van der Waals surface area contributed by atoms with Crippen molar-refractivity contribution in [1.29, 1.82) is 0 Å². The van der Waals surface area contributed by atoms with Crippen LogP contribution in [-0.2, 0) is 44.7 Å². The number of allylic oxidation sites excluding steroid dienone is 4. The Balaban J connectivity index is 0.00000293. The van der Waals surface area contributed by atoms with Crippen LogP contribution in [-0.4, -0.2) is 3.21 Å². The average Bonchev–Trinajstić information content (AvgIpc) is 3.84. The Morgan fingerprint density at radius 3 is 1.78 bits per heavy atom. The summed E-state index contributed by atoms with van der Waals surface area (Å²) in [5, 5.41) is 0. The summed E-state index contributed by atoms with van der Waals surface area (Å²) in [7, 11) is 0. The van der Waals surface area contributed by atoms with Gasteiger partial charge < -0.3 is 24.8 Å². The van der Waals surface area contributed by atoms with Gasteiger partial charge in [-0.25, -0.2) is 0 Å². The van der Waals surface area contributed by atoms with E-state index in [1.165, 1.54) is 68.8 Å². The number of aryl methyl sites for hydroxylation is 1. The zero-order valence-electron chi connectivity index (χ0n) is 34.7. The molecular weight excluding hydrogens is 856 g/mol. The SMILES string of the molecule is Cc1ccc(/[C](c2cccc(C(F)(F)F)c2)=[Zr+2](\[C]2=CC=CC2)[c]2c3c(cc(C(C)(C)C)c2-c2ccccc2)-c2cc(C(C)(C)C)c(-c4ccccc4)cc2C3)cc1.[Cl-].[Cl-]. The summed E-state index contributed by atoms with van der Waals surface area (Å²) in [6.07, 6.45) is 3.77. The van der Waals surface area contributed by atoms with Gasteiger partial charge in [0.15, 0.2) is 0 Å². The fourth-order valence-electron chi connectivity index (χ4n) is 8.73. The molecule has 6 heteroatoms. The number of fused-ring (bicyclic) bond motifs is 3. The monoisotopic (exact) mass is 902 g/mol. The van der Waals surface area contributed by atoms with Gasteiger partial charge in [-0.15, -0.1) is 0 Å². The number of alkyl halides is 3. The summed E-state index contributed by atoms with van der Waals surface area (Å²) in [6, 6.07) is 43.4. The van der Waals surface area contributed by atoms with E-state index in [1.807, 2.05) is 6.07 Å². The Hall–Kier alpha value is -4.08. The van der Waals surface area contributed by atoms with Crippen LogP contribution in [0.25, 0.3) is 33.4 Å². The van der Waals surface area contributed by atoms with E-state index in [9.17, 15) is 13.2 Å². The van der Waals surface area contributed by atoms with Crippen LogP contribution in [0.3, 0.4) is 0 Å². The summed E-state index contributed by atoms with van der Waals surface area (Å²) < 4.78 is 47.5. The number of hydrogen-bond donors (Lipinski definition) is 0. The Bertz CT molecular complexity index is 2600. The summed E-state index contributed by atoms with van der Waals surface area (Å²) in [5.41, 5.74) is 14.5. The minimum absolute atomic E-state index is 0. The Kier molecular flexibility index (Phi) is 12.9. The first-order chi connectivity index (χ1) is 27.1. The van der Waals surface area contributed by atoms with E-state index in [1.54, 1.807) is 6.07 Å². The first kappa shape index (κ1) is 44.5. The predicted octanol–water partition coefficient (Wildman–Crippen LogP) is 7.88. The maximum atomic E-state index is 14.6. The molecule has 0 saturated heterocycles. The normalized spacial score (nSPS) is 13.5. The van der Waals surface area contributed by atoms with Crippen LogP contribution in [0.4, 0.5) is 13.2 Å². The number of halogens is 5. The summed E-state index contributed by atoms with van der Waals surface area (Å²) >= 11 is -3.48. The molecule has 0 aliphatic heterocycles. The van der Waals surface area contributed by atoms with Crippen molar-refractivity contribution in [2.75, 3.05) is 0 Å². The second-order valence-electron chi connectivity index (χ2n) is 17.7. The third-order valence-electron chi connectivity index (χ3n) is 11.5. The molecule has 300 valence electrons. The fraction of sp³-hybridized carbons (Fsp3) is 0.226. The summed E-state index contributed by atoms with van der Waals surface area (Å²) in [4.78, 5) is 0. The van der Waals surface area contributed by atoms with E-state index < -0.39 is 33.0 Å². The average molecular weight is 905 g/mol. The minimum Gasteiger partial charge on any atom is -1.00 e. The van der Waals surface area contributed by atoms with E-state index in [-0.39, 0.29) is 35.6 Å². The maximum absolute atomic E-state index is 14.6. The largest absolute Gasteiger partial charge is 1.00 e. The zero-order chi connectivity index (χ0) is 40.3. The Morgan fingerprint density at radius 1 is 0.593 bits per heavy atom. The molecule has 2 aliphatic carbocycles. The molecule has 8 rings (SSSR count). The van der Waals surface area contributed by atoms with E-state index in [0.717, 1.165) is 32.7 Å². The van der Waals surface area contributed by atoms with Gasteiger partial charge in [-0.2, -0.15) is 0 Å². The van der Waals surface area contributed by atoms with Crippen molar-refractivity contribution in [1.82, 2.24) is 0 Å². The molecule has 0 spiro atoms. The molecule has 0 bridgehead atoms. The van der Waals surface area contributed by atoms with Crippen LogP contribution in [0, 0.1) is 6.92 Å². The topological polar surface area (TPSA) is 0 Å². The molecule has 6 aromatic carbocycles. The molecular formula is C53H49Cl2F3Zr. The molecule has 0 nitrogen and oxygen atoms in total. The quantitative estimate of drug-likeness (QED) is 0.160. The van der Waals surface area contributed by atoms with E-state index in [2.05, 4.69) is 170 Å². The standard InChI is InChI=1S/C33H33.C15H11F3.C5H5.2ClH.Zr/c1-32(2,3)30-20-26-24(18-28(30)22-13-9-7-10-14-22)17-25-19-29(23-15-11-8-12-16-23)31(21-27(25)26)33(4,5)6;1-11-5-7-12(8-6-11)9-13-3-2-4-14(10-13)15(16,17)18;1-2-4-5-3-1;;;/h7-16,18,20-21H,17H2,1-6H3;2-8,10H,1H3;1-3H,4H2;2*1H;/q;;;;;+2/p-2. The third kappa shape index (κ3) is 8.75. The van der Waals surface area contributed by atoms with E-state index >= 15 is 0 Å². The van der Waals surface area contributed by atoms with Gasteiger partial charge in [0, 0.05) is 0 Å². The summed E-state index contributed by atoms with van der Waals surface area (Å²) in [6.45, 7) is 15.9. The molecule has 0 N–H and O–H groups in total. The predicted molar refractivity (Wildman–Crippen MR) is 230 cm³/mol. The second-order valence-corrected chi connectivity index (χ2v) is 23.6. The van der Waals surface area contributed by atoms with Gasteiger partial charge in [-0.3, -0.25) is 0 Å². The van der Waals surface area contributed by atoms with E-state index in [0.29, 0.717) is 5.56 Å². The Labute approximate surface area is 368 Å². The molecule has 0 atom stereocenters. The molecule has 0 saturated carbocycles. The van der Waals surface area contributed by atoms with Gasteiger partial charge >= 0.3 is 346 Å². The third-order valence-corrected chi connectivity index (χ3v) is 19.2. The van der Waals surface area contributed by atoms with Gasteiger partial charge in [0.2, 0.25) is 0 Å². The molecule has 0 aromatic heterocycles. The second kappa shape index (κ2) is 17.1. The van der Waals surface area contributed by atoms with Gasteiger partial charge in [0.1, 0.15) is 0 Å². The van der Waals surface area contributed by atoms with Crippen LogP contribution in [0.2, 0.25) is 0 Å². The number of benzene rings is 6. The van der Waals surface area contributed by atoms with Gasteiger partial charge in [-0.1, -0.05) is 0 Å². The van der Waals surface area contributed by atoms with Crippen LogP contribution in [0.15, 0.2) is 149 Å².